The third-order valence-electron chi connectivity index (χ3n) is 3.71. The Bertz CT molecular complexity index is 657. The van der Waals surface area contributed by atoms with Gasteiger partial charge in [0.15, 0.2) is 5.96 Å². The number of hydrogen-bond acceptors (Lipinski definition) is 4. The van der Waals surface area contributed by atoms with Crippen LogP contribution >= 0.6 is 35.3 Å². The number of imidazole rings is 1. The van der Waals surface area contributed by atoms with E-state index < -0.39 is 0 Å². The summed E-state index contributed by atoms with van der Waals surface area (Å²) >= 11 is 1.77. The minimum Gasteiger partial charge on any atom is -0.356 e. The zero-order valence-corrected chi connectivity index (χ0v) is 18.8. The fourth-order valence-corrected chi connectivity index (χ4v) is 3.32. The molecule has 0 bridgehead atoms. The van der Waals surface area contributed by atoms with Gasteiger partial charge in [-0.15, -0.1) is 35.3 Å². The number of nitrogens with zero attached hydrogens (tertiary/aromatic N) is 4. The maximum absolute atomic E-state index is 4.56. The highest BCUT2D eigenvalue weighted by molar-refractivity contribution is 14.0. The molecule has 2 aromatic rings. The predicted molar refractivity (Wildman–Crippen MR) is 116 cm³/mol. The van der Waals surface area contributed by atoms with E-state index in [1.165, 1.54) is 9.88 Å². The normalized spacial score (nSPS) is 11.5. The SMILES string of the molecule is CN=C(NCCc1nc(C)c(C)s1)NCc1nccn1CC(C)C.I. The van der Waals surface area contributed by atoms with Crippen LogP contribution in [-0.4, -0.2) is 34.1 Å². The van der Waals surface area contributed by atoms with Gasteiger partial charge >= 0.3 is 0 Å². The molecule has 25 heavy (non-hydrogen) atoms. The van der Waals surface area contributed by atoms with E-state index in [0.717, 1.165) is 37.0 Å². The van der Waals surface area contributed by atoms with Crippen LogP contribution in [0, 0.1) is 19.8 Å². The van der Waals surface area contributed by atoms with E-state index in [9.17, 15) is 0 Å². The Balaban J connectivity index is 0.00000312. The van der Waals surface area contributed by atoms with Crippen LogP contribution in [0.25, 0.3) is 0 Å². The second-order valence-corrected chi connectivity index (χ2v) is 7.53. The molecule has 0 radical (unpaired) electrons. The van der Waals surface area contributed by atoms with E-state index >= 15 is 0 Å². The van der Waals surface area contributed by atoms with Gasteiger partial charge in [-0.1, -0.05) is 13.8 Å². The van der Waals surface area contributed by atoms with Gasteiger partial charge in [0.05, 0.1) is 17.2 Å². The summed E-state index contributed by atoms with van der Waals surface area (Å²) < 4.78 is 2.19. The highest BCUT2D eigenvalue weighted by atomic mass is 127. The Kier molecular flexibility index (Phi) is 9.41. The molecule has 0 aliphatic rings. The lowest BCUT2D eigenvalue weighted by atomic mass is 10.2. The molecule has 2 heterocycles. The standard InChI is InChI=1S/C17H28N6S.HI/c1-12(2)11-23-9-8-19-15(23)10-21-17(18-5)20-7-6-16-22-13(3)14(4)24-16;/h8-9,12H,6-7,10-11H2,1-5H3,(H2,18,20,21);1H. The zero-order valence-electron chi connectivity index (χ0n) is 15.7. The molecule has 0 saturated carbocycles. The molecule has 0 aliphatic heterocycles. The first kappa shape index (κ1) is 21.9. The second kappa shape index (κ2) is 10.7. The molecule has 0 spiro atoms. The summed E-state index contributed by atoms with van der Waals surface area (Å²) in [6.07, 6.45) is 4.78. The van der Waals surface area contributed by atoms with E-state index in [-0.39, 0.29) is 24.0 Å². The number of hydrogen-bond donors (Lipinski definition) is 2. The number of aryl methyl sites for hydroxylation is 2. The van der Waals surface area contributed by atoms with E-state index in [0.29, 0.717) is 12.5 Å². The van der Waals surface area contributed by atoms with Gasteiger partial charge in [0.25, 0.3) is 0 Å². The largest absolute Gasteiger partial charge is 0.356 e. The molecule has 0 saturated heterocycles. The van der Waals surface area contributed by atoms with Crippen molar-refractivity contribution in [2.45, 2.75) is 47.2 Å². The minimum atomic E-state index is 0. The number of aromatic nitrogens is 3. The first-order valence-corrected chi connectivity index (χ1v) is 9.18. The number of nitrogens with one attached hydrogen (secondary N) is 2. The predicted octanol–water partition coefficient (Wildman–Crippen LogP) is 3.14. The van der Waals surface area contributed by atoms with Crippen LogP contribution in [-0.2, 0) is 19.5 Å². The van der Waals surface area contributed by atoms with E-state index in [2.05, 4.69) is 57.9 Å². The highest BCUT2D eigenvalue weighted by Crippen LogP contribution is 2.16. The molecule has 0 aromatic carbocycles. The molecular formula is C17H29IN6S. The summed E-state index contributed by atoms with van der Waals surface area (Å²) in [6, 6.07) is 0. The topological polar surface area (TPSA) is 67.1 Å². The molecule has 0 fully saturated rings. The number of halogens is 1. The van der Waals surface area contributed by atoms with Gasteiger partial charge in [-0.2, -0.15) is 0 Å². The average molecular weight is 476 g/mol. The molecule has 0 unspecified atom stereocenters. The Morgan fingerprint density at radius 2 is 2.08 bits per heavy atom. The Labute approximate surface area is 171 Å². The number of thiazole rings is 1. The molecule has 0 aliphatic carbocycles. The lowest BCUT2D eigenvalue weighted by molar-refractivity contribution is 0.503. The minimum absolute atomic E-state index is 0. The van der Waals surface area contributed by atoms with Gasteiger partial charge in [-0.05, 0) is 19.8 Å². The molecule has 0 atom stereocenters. The third-order valence-corrected chi connectivity index (χ3v) is 4.84. The van der Waals surface area contributed by atoms with Crippen molar-refractivity contribution < 1.29 is 0 Å². The van der Waals surface area contributed by atoms with Crippen molar-refractivity contribution >= 4 is 41.3 Å². The van der Waals surface area contributed by atoms with Crippen molar-refractivity contribution in [3.05, 3.63) is 33.8 Å². The summed E-state index contributed by atoms with van der Waals surface area (Å²) in [6.45, 7) is 11.0. The van der Waals surface area contributed by atoms with E-state index in [1.54, 1.807) is 18.4 Å². The van der Waals surface area contributed by atoms with Crippen LogP contribution in [0.4, 0.5) is 0 Å². The van der Waals surface area contributed by atoms with Gasteiger partial charge < -0.3 is 15.2 Å². The molecular weight excluding hydrogens is 447 g/mol. The molecule has 2 aromatic heterocycles. The lowest BCUT2D eigenvalue weighted by Crippen LogP contribution is -2.38. The van der Waals surface area contributed by atoms with Gasteiger partial charge in [0.2, 0.25) is 0 Å². The summed E-state index contributed by atoms with van der Waals surface area (Å²) in [4.78, 5) is 14.6. The van der Waals surface area contributed by atoms with Crippen LogP contribution in [0.3, 0.4) is 0 Å². The molecule has 6 nitrogen and oxygen atoms in total. The monoisotopic (exact) mass is 476 g/mol. The molecule has 8 heteroatoms. The summed E-state index contributed by atoms with van der Waals surface area (Å²) in [5.74, 6) is 2.41. The Morgan fingerprint density at radius 3 is 2.68 bits per heavy atom. The van der Waals surface area contributed by atoms with Crippen molar-refractivity contribution in [3.8, 4) is 0 Å². The van der Waals surface area contributed by atoms with Gasteiger partial charge in [0.1, 0.15) is 5.82 Å². The van der Waals surface area contributed by atoms with Crippen LogP contribution in [0.15, 0.2) is 17.4 Å². The number of aliphatic imine (C=N–C) groups is 1. The molecule has 2 N–H and O–H groups in total. The van der Waals surface area contributed by atoms with Crippen molar-refractivity contribution in [2.24, 2.45) is 10.9 Å². The van der Waals surface area contributed by atoms with Crippen molar-refractivity contribution in [1.29, 1.82) is 0 Å². The van der Waals surface area contributed by atoms with Crippen molar-refractivity contribution in [3.63, 3.8) is 0 Å². The maximum Gasteiger partial charge on any atom is 0.191 e. The van der Waals surface area contributed by atoms with E-state index in [1.807, 2.05) is 12.4 Å². The van der Waals surface area contributed by atoms with Crippen molar-refractivity contribution in [1.82, 2.24) is 25.2 Å². The second-order valence-electron chi connectivity index (χ2n) is 6.24. The lowest BCUT2D eigenvalue weighted by Gasteiger charge is -2.13. The van der Waals surface area contributed by atoms with Crippen LogP contribution in [0.1, 0.15) is 35.3 Å². The molecule has 0 amide bonds. The van der Waals surface area contributed by atoms with Crippen LogP contribution in [0.5, 0.6) is 0 Å². The molecule has 2 rings (SSSR count). The van der Waals surface area contributed by atoms with Crippen molar-refractivity contribution in [2.75, 3.05) is 13.6 Å². The summed E-state index contributed by atoms with van der Waals surface area (Å²) in [7, 11) is 1.79. The molecule has 140 valence electrons. The fraction of sp³-hybridized carbons (Fsp3) is 0.588. The van der Waals surface area contributed by atoms with Crippen LogP contribution < -0.4 is 10.6 Å². The first-order chi connectivity index (χ1) is 11.5. The van der Waals surface area contributed by atoms with E-state index in [4.69, 9.17) is 0 Å². The Morgan fingerprint density at radius 1 is 1.32 bits per heavy atom. The number of guanidine groups is 1. The van der Waals surface area contributed by atoms with Gasteiger partial charge in [-0.25, -0.2) is 9.97 Å². The van der Waals surface area contributed by atoms with Gasteiger partial charge in [0, 0.05) is 43.8 Å². The summed E-state index contributed by atoms with van der Waals surface area (Å²) in [5, 5.41) is 7.83. The number of rotatable bonds is 7. The maximum atomic E-state index is 4.56. The fourth-order valence-electron chi connectivity index (χ4n) is 2.38. The average Bonchev–Trinajstić information content (AvgIpc) is 3.09. The third kappa shape index (κ3) is 6.93. The smallest absolute Gasteiger partial charge is 0.191 e. The first-order valence-electron chi connectivity index (χ1n) is 8.37. The summed E-state index contributed by atoms with van der Waals surface area (Å²) in [5.41, 5.74) is 1.13. The Hall–Kier alpha value is -1.16. The van der Waals surface area contributed by atoms with Crippen LogP contribution in [0.2, 0.25) is 0 Å². The highest BCUT2D eigenvalue weighted by Gasteiger charge is 2.07. The quantitative estimate of drug-likeness (QED) is 0.366. The van der Waals surface area contributed by atoms with Gasteiger partial charge in [-0.3, -0.25) is 4.99 Å². The zero-order chi connectivity index (χ0) is 17.5.